The Bertz CT molecular complexity index is 1090. The van der Waals surface area contributed by atoms with Crippen LogP contribution < -0.4 is 4.74 Å². The third kappa shape index (κ3) is 2.75. The number of aryl methyl sites for hydroxylation is 1. The molecule has 7 nitrogen and oxygen atoms in total. The van der Waals surface area contributed by atoms with E-state index >= 15 is 0 Å². The molecule has 1 N–H and O–H groups in total. The Kier molecular flexibility index (Phi) is 3.98. The van der Waals surface area contributed by atoms with E-state index in [0.717, 1.165) is 10.9 Å². The molecule has 0 amide bonds. The maximum atomic E-state index is 12.9. The van der Waals surface area contributed by atoms with Gasteiger partial charge >= 0.3 is 6.01 Å². The molecule has 134 valence electrons. The molecule has 0 bridgehead atoms. The number of nitrogens with one attached hydrogen (secondary N) is 1. The molecule has 0 unspecified atom stereocenters. The fourth-order valence-corrected chi connectivity index (χ4v) is 2.92. The van der Waals surface area contributed by atoms with Gasteiger partial charge in [-0.25, -0.2) is 23.7 Å². The summed E-state index contributed by atoms with van der Waals surface area (Å²) in [6.07, 6.45) is 0.950. The summed E-state index contributed by atoms with van der Waals surface area (Å²) in [5.74, 6) is 0.508. The summed E-state index contributed by atoms with van der Waals surface area (Å²) in [5, 5.41) is 0.775. The quantitative estimate of drug-likeness (QED) is 0.592. The Morgan fingerprint density at radius 2 is 2.08 bits per heavy atom. The Labute approximate surface area is 147 Å². The van der Waals surface area contributed by atoms with Gasteiger partial charge in [0.1, 0.15) is 17.0 Å². The van der Waals surface area contributed by atoms with Gasteiger partial charge in [-0.15, -0.1) is 0 Å². The molecule has 0 saturated heterocycles. The number of rotatable bonds is 5. The van der Waals surface area contributed by atoms with Crippen LogP contribution in [0.2, 0.25) is 0 Å². The predicted octanol–water partition coefficient (Wildman–Crippen LogP) is 3.34. The van der Waals surface area contributed by atoms with Crippen molar-refractivity contribution >= 4 is 22.2 Å². The Morgan fingerprint density at radius 1 is 1.23 bits per heavy atom. The lowest BCUT2D eigenvalue weighted by Crippen LogP contribution is -2.08. The monoisotopic (exact) mass is 358 g/mol. The highest BCUT2D eigenvalue weighted by Gasteiger charge is 2.16. The Hall–Kier alpha value is -3.10. The van der Waals surface area contributed by atoms with Crippen LogP contribution in [0.15, 0.2) is 24.5 Å². The molecule has 0 aliphatic carbocycles. The average molecular weight is 358 g/mol. The summed E-state index contributed by atoms with van der Waals surface area (Å²) in [5.41, 5.74) is 3.06. The van der Waals surface area contributed by atoms with E-state index in [1.54, 1.807) is 31.5 Å². The summed E-state index contributed by atoms with van der Waals surface area (Å²) >= 11 is 0. The molecule has 0 spiro atoms. The number of halogens is 2. The SMILES string of the molecule is CCOc1ncc2c(-c3ccc4nc(C)n(CC(F)F)c4n3)c[nH]c2n1. The van der Waals surface area contributed by atoms with Crippen LogP contribution in [0.1, 0.15) is 12.7 Å². The molecular formula is C17H16F2N6O. The minimum absolute atomic E-state index is 0.294. The van der Waals surface area contributed by atoms with Gasteiger partial charge in [0.05, 0.1) is 18.8 Å². The van der Waals surface area contributed by atoms with Crippen molar-refractivity contribution in [3.63, 3.8) is 0 Å². The minimum Gasteiger partial charge on any atom is -0.464 e. The fraction of sp³-hybridized carbons (Fsp3) is 0.294. The first kappa shape index (κ1) is 16.4. The summed E-state index contributed by atoms with van der Waals surface area (Å²) < 4.78 is 32.5. The molecule has 0 aliphatic rings. The van der Waals surface area contributed by atoms with E-state index in [0.29, 0.717) is 40.9 Å². The second-order valence-electron chi connectivity index (χ2n) is 5.75. The van der Waals surface area contributed by atoms with Gasteiger partial charge in [-0.1, -0.05) is 0 Å². The first-order valence-corrected chi connectivity index (χ1v) is 8.16. The number of hydrogen-bond donors (Lipinski definition) is 1. The highest BCUT2D eigenvalue weighted by molar-refractivity contribution is 5.93. The Balaban J connectivity index is 1.82. The molecule has 0 saturated carbocycles. The van der Waals surface area contributed by atoms with Crippen LogP contribution in [-0.2, 0) is 6.54 Å². The van der Waals surface area contributed by atoms with Crippen LogP contribution in [-0.4, -0.2) is 42.5 Å². The zero-order chi connectivity index (χ0) is 18.3. The number of nitrogens with zero attached hydrogens (tertiary/aromatic N) is 5. The molecule has 9 heteroatoms. The number of alkyl halides is 2. The van der Waals surface area contributed by atoms with Crippen LogP contribution in [0.5, 0.6) is 6.01 Å². The van der Waals surface area contributed by atoms with Gasteiger partial charge < -0.3 is 14.3 Å². The van der Waals surface area contributed by atoms with Crippen molar-refractivity contribution < 1.29 is 13.5 Å². The molecule has 0 radical (unpaired) electrons. The van der Waals surface area contributed by atoms with Gasteiger partial charge in [-0.05, 0) is 26.0 Å². The molecular weight excluding hydrogens is 342 g/mol. The molecule has 4 rings (SSSR count). The number of aromatic nitrogens is 6. The van der Waals surface area contributed by atoms with Crippen LogP contribution in [0.25, 0.3) is 33.5 Å². The maximum Gasteiger partial charge on any atom is 0.318 e. The lowest BCUT2D eigenvalue weighted by Gasteiger charge is -2.06. The second-order valence-corrected chi connectivity index (χ2v) is 5.75. The molecule has 0 aromatic carbocycles. The molecule has 26 heavy (non-hydrogen) atoms. The zero-order valence-corrected chi connectivity index (χ0v) is 14.2. The van der Waals surface area contributed by atoms with Gasteiger partial charge in [0.15, 0.2) is 5.65 Å². The molecule has 0 atom stereocenters. The van der Waals surface area contributed by atoms with Crippen molar-refractivity contribution in [3.05, 3.63) is 30.4 Å². The van der Waals surface area contributed by atoms with Crippen LogP contribution in [0, 0.1) is 6.92 Å². The van der Waals surface area contributed by atoms with E-state index in [4.69, 9.17) is 4.74 Å². The smallest absolute Gasteiger partial charge is 0.318 e. The number of H-pyrrole nitrogens is 1. The minimum atomic E-state index is -2.48. The molecule has 4 heterocycles. The summed E-state index contributed by atoms with van der Waals surface area (Å²) in [6.45, 7) is 3.59. The number of aromatic amines is 1. The van der Waals surface area contributed by atoms with Crippen molar-refractivity contribution in [2.24, 2.45) is 0 Å². The standard InChI is InChI=1S/C17H16F2N6O/c1-3-26-17-21-7-11-10(6-20-15(11)24-17)12-4-5-13-16(23-12)25(8-14(18)19)9(2)22-13/h4-7,14H,3,8H2,1-2H3,(H,20,21,24). The van der Waals surface area contributed by atoms with Crippen molar-refractivity contribution in [1.29, 1.82) is 0 Å². The largest absolute Gasteiger partial charge is 0.464 e. The third-order valence-electron chi connectivity index (χ3n) is 4.06. The lowest BCUT2D eigenvalue weighted by molar-refractivity contribution is 0.127. The van der Waals surface area contributed by atoms with E-state index in [1.807, 2.05) is 6.92 Å². The molecule has 4 aromatic rings. The molecule has 0 fully saturated rings. The van der Waals surface area contributed by atoms with Crippen LogP contribution in [0.3, 0.4) is 0 Å². The van der Waals surface area contributed by atoms with Gasteiger partial charge in [0.25, 0.3) is 6.43 Å². The number of pyridine rings is 1. The van der Waals surface area contributed by atoms with E-state index in [1.165, 1.54) is 4.57 Å². The van der Waals surface area contributed by atoms with Crippen molar-refractivity contribution in [2.75, 3.05) is 6.61 Å². The third-order valence-corrected chi connectivity index (χ3v) is 4.06. The number of imidazole rings is 1. The molecule has 0 aliphatic heterocycles. The van der Waals surface area contributed by atoms with Gasteiger partial charge in [-0.2, -0.15) is 4.98 Å². The van der Waals surface area contributed by atoms with Crippen LogP contribution >= 0.6 is 0 Å². The van der Waals surface area contributed by atoms with Gasteiger partial charge in [0, 0.05) is 23.3 Å². The van der Waals surface area contributed by atoms with Crippen molar-refractivity contribution in [2.45, 2.75) is 26.8 Å². The summed E-state index contributed by atoms with van der Waals surface area (Å²) in [6, 6.07) is 3.88. The number of fused-ring (bicyclic) bond motifs is 2. The normalized spacial score (nSPS) is 11.7. The fourth-order valence-electron chi connectivity index (χ4n) is 2.92. The van der Waals surface area contributed by atoms with Gasteiger partial charge in [-0.3, -0.25) is 0 Å². The number of ether oxygens (including phenoxy) is 1. The average Bonchev–Trinajstić information content (AvgIpc) is 3.16. The topological polar surface area (TPSA) is 81.5 Å². The van der Waals surface area contributed by atoms with Crippen LogP contribution in [0.4, 0.5) is 8.78 Å². The second kappa shape index (κ2) is 6.32. The predicted molar refractivity (Wildman–Crippen MR) is 92.3 cm³/mol. The first-order valence-electron chi connectivity index (χ1n) is 8.16. The lowest BCUT2D eigenvalue weighted by atomic mass is 10.1. The van der Waals surface area contributed by atoms with E-state index < -0.39 is 13.0 Å². The summed E-state index contributed by atoms with van der Waals surface area (Å²) in [7, 11) is 0. The Morgan fingerprint density at radius 3 is 2.85 bits per heavy atom. The van der Waals surface area contributed by atoms with Crippen molar-refractivity contribution in [1.82, 2.24) is 29.5 Å². The summed E-state index contributed by atoms with van der Waals surface area (Å²) in [4.78, 5) is 20.4. The maximum absolute atomic E-state index is 12.9. The first-order chi connectivity index (χ1) is 12.6. The van der Waals surface area contributed by atoms with Crippen molar-refractivity contribution in [3.8, 4) is 17.3 Å². The highest BCUT2D eigenvalue weighted by atomic mass is 19.3. The molecule has 4 aromatic heterocycles. The zero-order valence-electron chi connectivity index (χ0n) is 14.2. The number of hydrogen-bond acceptors (Lipinski definition) is 5. The highest BCUT2D eigenvalue weighted by Crippen LogP contribution is 2.28. The van der Waals surface area contributed by atoms with E-state index in [-0.39, 0.29) is 0 Å². The van der Waals surface area contributed by atoms with E-state index in [9.17, 15) is 8.78 Å². The van der Waals surface area contributed by atoms with E-state index in [2.05, 4.69) is 24.9 Å². The van der Waals surface area contributed by atoms with Gasteiger partial charge in [0.2, 0.25) is 0 Å².